The van der Waals surface area contributed by atoms with Crippen LogP contribution in [0.1, 0.15) is 35.9 Å². The van der Waals surface area contributed by atoms with Gasteiger partial charge in [-0.2, -0.15) is 0 Å². The minimum absolute atomic E-state index is 0.0970. The van der Waals surface area contributed by atoms with Crippen molar-refractivity contribution in [3.63, 3.8) is 0 Å². The SMILES string of the molecule is COc1ccc([C@H]2CC(=O)C3=C(C2)Nc2ccccc2N[C@@H]3c2cccc(O)c2)cc1. The fourth-order valence-corrected chi connectivity index (χ4v) is 4.56. The molecule has 5 heteroatoms. The van der Waals surface area contributed by atoms with Crippen molar-refractivity contribution in [2.45, 2.75) is 24.8 Å². The maximum absolute atomic E-state index is 13.5. The zero-order chi connectivity index (χ0) is 21.4. The Balaban J connectivity index is 1.58. The Morgan fingerprint density at radius 3 is 2.42 bits per heavy atom. The molecule has 0 unspecified atom stereocenters. The molecule has 3 aromatic rings. The van der Waals surface area contributed by atoms with E-state index in [1.165, 1.54) is 0 Å². The van der Waals surface area contributed by atoms with Gasteiger partial charge in [0.1, 0.15) is 11.5 Å². The minimum atomic E-state index is -0.331. The lowest BCUT2D eigenvalue weighted by Crippen LogP contribution is -2.26. The van der Waals surface area contributed by atoms with Gasteiger partial charge in [0.15, 0.2) is 5.78 Å². The highest BCUT2D eigenvalue weighted by Crippen LogP contribution is 2.44. The maximum atomic E-state index is 13.5. The van der Waals surface area contributed by atoms with Gasteiger partial charge in [-0.1, -0.05) is 36.4 Å². The van der Waals surface area contributed by atoms with Crippen molar-refractivity contribution in [2.24, 2.45) is 0 Å². The maximum Gasteiger partial charge on any atom is 0.163 e. The van der Waals surface area contributed by atoms with Gasteiger partial charge in [0.2, 0.25) is 0 Å². The van der Waals surface area contributed by atoms with Crippen LogP contribution < -0.4 is 15.4 Å². The zero-order valence-corrected chi connectivity index (χ0v) is 17.3. The summed E-state index contributed by atoms with van der Waals surface area (Å²) < 4.78 is 5.27. The van der Waals surface area contributed by atoms with Crippen molar-refractivity contribution in [2.75, 3.05) is 17.7 Å². The Morgan fingerprint density at radius 2 is 1.68 bits per heavy atom. The number of para-hydroxylation sites is 2. The van der Waals surface area contributed by atoms with Gasteiger partial charge in [-0.25, -0.2) is 0 Å². The average Bonchev–Trinajstić information content (AvgIpc) is 2.96. The highest BCUT2D eigenvalue weighted by Gasteiger charge is 2.36. The zero-order valence-electron chi connectivity index (χ0n) is 17.3. The van der Waals surface area contributed by atoms with E-state index in [1.807, 2.05) is 60.7 Å². The van der Waals surface area contributed by atoms with E-state index < -0.39 is 0 Å². The fourth-order valence-electron chi connectivity index (χ4n) is 4.56. The highest BCUT2D eigenvalue weighted by molar-refractivity contribution is 6.01. The molecule has 3 aromatic carbocycles. The van der Waals surface area contributed by atoms with E-state index in [4.69, 9.17) is 4.74 Å². The summed E-state index contributed by atoms with van der Waals surface area (Å²) in [5.41, 5.74) is 5.54. The summed E-state index contributed by atoms with van der Waals surface area (Å²) in [6.45, 7) is 0. The normalized spacial score (nSPS) is 20.1. The molecule has 0 fully saturated rings. The van der Waals surface area contributed by atoms with Crippen molar-refractivity contribution in [3.05, 3.63) is 95.2 Å². The monoisotopic (exact) mass is 412 g/mol. The molecule has 31 heavy (non-hydrogen) atoms. The second-order valence-electron chi connectivity index (χ2n) is 8.04. The number of methoxy groups -OCH3 is 1. The molecule has 3 N–H and O–H groups in total. The number of ketones is 1. The number of carbonyl (C=O) groups is 1. The lowest BCUT2D eigenvalue weighted by molar-refractivity contribution is -0.116. The predicted molar refractivity (Wildman–Crippen MR) is 122 cm³/mol. The number of hydrogen-bond donors (Lipinski definition) is 3. The molecule has 0 spiro atoms. The van der Waals surface area contributed by atoms with E-state index in [0.29, 0.717) is 6.42 Å². The van der Waals surface area contributed by atoms with Crippen LogP contribution in [0.2, 0.25) is 0 Å². The van der Waals surface area contributed by atoms with E-state index in [1.54, 1.807) is 19.2 Å². The summed E-state index contributed by atoms with van der Waals surface area (Å²) in [6, 6.07) is 22.7. The van der Waals surface area contributed by atoms with Crippen molar-refractivity contribution in [3.8, 4) is 11.5 Å². The third kappa shape index (κ3) is 3.63. The molecule has 2 atom stereocenters. The van der Waals surface area contributed by atoms with Crippen LogP contribution in [0, 0.1) is 0 Å². The topological polar surface area (TPSA) is 70.6 Å². The first-order chi connectivity index (χ1) is 15.1. The van der Waals surface area contributed by atoms with Crippen molar-refractivity contribution >= 4 is 17.2 Å². The first-order valence-corrected chi connectivity index (χ1v) is 10.4. The molecule has 5 nitrogen and oxygen atoms in total. The Bertz CT molecular complexity index is 1170. The van der Waals surface area contributed by atoms with Gasteiger partial charge in [0.05, 0.1) is 24.5 Å². The fraction of sp³-hybridized carbons (Fsp3) is 0.192. The number of ether oxygens (including phenoxy) is 1. The number of anilines is 2. The third-order valence-electron chi connectivity index (χ3n) is 6.10. The molecule has 5 rings (SSSR count). The van der Waals surface area contributed by atoms with Gasteiger partial charge in [0.25, 0.3) is 0 Å². The number of allylic oxidation sites excluding steroid dienone is 1. The van der Waals surface area contributed by atoms with Crippen molar-refractivity contribution < 1.29 is 14.6 Å². The Kier molecular flexibility index (Phi) is 4.86. The summed E-state index contributed by atoms with van der Waals surface area (Å²) in [7, 11) is 1.65. The summed E-state index contributed by atoms with van der Waals surface area (Å²) in [6.07, 6.45) is 1.18. The molecule has 0 radical (unpaired) electrons. The largest absolute Gasteiger partial charge is 0.508 e. The Hall–Kier alpha value is -3.73. The number of aromatic hydroxyl groups is 1. The summed E-state index contributed by atoms with van der Waals surface area (Å²) in [5.74, 6) is 1.20. The number of Topliss-reactive ketones (excluding diaryl/α,β-unsaturated/α-hetero) is 1. The first kappa shape index (κ1) is 19.2. The molecule has 0 bridgehead atoms. The highest BCUT2D eigenvalue weighted by atomic mass is 16.5. The molecule has 1 aliphatic heterocycles. The van der Waals surface area contributed by atoms with Gasteiger partial charge in [0, 0.05) is 17.7 Å². The van der Waals surface area contributed by atoms with Gasteiger partial charge >= 0.3 is 0 Å². The summed E-state index contributed by atoms with van der Waals surface area (Å²) in [5, 5.41) is 17.1. The lowest BCUT2D eigenvalue weighted by Gasteiger charge is -2.30. The van der Waals surface area contributed by atoms with Crippen LogP contribution in [0.5, 0.6) is 11.5 Å². The van der Waals surface area contributed by atoms with E-state index in [-0.39, 0.29) is 23.5 Å². The van der Waals surface area contributed by atoms with Crippen LogP contribution in [-0.2, 0) is 4.79 Å². The number of hydrogen-bond acceptors (Lipinski definition) is 5. The Labute approximate surface area is 181 Å². The third-order valence-corrected chi connectivity index (χ3v) is 6.10. The average molecular weight is 412 g/mol. The van der Waals surface area contributed by atoms with Crippen LogP contribution in [0.15, 0.2) is 84.1 Å². The molecule has 1 aliphatic carbocycles. The number of benzene rings is 3. The molecule has 0 aromatic heterocycles. The molecule has 0 saturated carbocycles. The van der Waals surface area contributed by atoms with Gasteiger partial charge in [-0.05, 0) is 59.9 Å². The molecule has 2 aliphatic rings. The molecule has 156 valence electrons. The number of phenolic OH excluding ortho intramolecular Hbond substituents is 1. The number of carbonyl (C=O) groups excluding carboxylic acids is 1. The van der Waals surface area contributed by atoms with Gasteiger partial charge in [-0.15, -0.1) is 0 Å². The van der Waals surface area contributed by atoms with Gasteiger partial charge in [-0.3, -0.25) is 4.79 Å². The Morgan fingerprint density at radius 1 is 0.903 bits per heavy atom. The van der Waals surface area contributed by atoms with E-state index in [2.05, 4.69) is 10.6 Å². The summed E-state index contributed by atoms with van der Waals surface area (Å²) >= 11 is 0. The van der Waals surface area contributed by atoms with Gasteiger partial charge < -0.3 is 20.5 Å². The number of fused-ring (bicyclic) bond motifs is 1. The molecular formula is C26H24N2O3. The first-order valence-electron chi connectivity index (χ1n) is 10.4. The van der Waals surface area contributed by atoms with Crippen LogP contribution in [0.25, 0.3) is 0 Å². The molecule has 0 amide bonds. The molecular weight excluding hydrogens is 388 g/mol. The second-order valence-corrected chi connectivity index (χ2v) is 8.04. The summed E-state index contributed by atoms with van der Waals surface area (Å²) in [4.78, 5) is 13.5. The number of rotatable bonds is 3. The van der Waals surface area contributed by atoms with Crippen LogP contribution in [-0.4, -0.2) is 18.0 Å². The quantitative estimate of drug-likeness (QED) is 0.539. The van der Waals surface area contributed by atoms with Crippen LogP contribution >= 0.6 is 0 Å². The van der Waals surface area contributed by atoms with Crippen molar-refractivity contribution in [1.82, 2.24) is 0 Å². The molecule has 0 saturated heterocycles. The minimum Gasteiger partial charge on any atom is -0.508 e. The van der Waals surface area contributed by atoms with E-state index >= 15 is 0 Å². The number of phenols is 1. The molecule has 1 heterocycles. The lowest BCUT2D eigenvalue weighted by atomic mass is 9.78. The van der Waals surface area contributed by atoms with E-state index in [0.717, 1.165) is 45.9 Å². The van der Waals surface area contributed by atoms with Crippen LogP contribution in [0.4, 0.5) is 11.4 Å². The second kappa shape index (κ2) is 7.84. The van der Waals surface area contributed by atoms with Crippen LogP contribution in [0.3, 0.4) is 0 Å². The van der Waals surface area contributed by atoms with E-state index in [9.17, 15) is 9.90 Å². The standard InChI is InChI=1S/C26H24N2O3/c1-31-20-11-9-16(10-12-20)18-14-23-25(24(30)15-18)26(17-5-4-6-19(29)13-17)28-22-8-3-2-7-21(22)27-23/h2-13,18,26-29H,14-15H2,1H3/t18-,26-/m1/s1. The number of nitrogens with one attached hydrogen (secondary N) is 2. The predicted octanol–water partition coefficient (Wildman–Crippen LogP) is 5.38. The van der Waals surface area contributed by atoms with Crippen molar-refractivity contribution in [1.29, 1.82) is 0 Å². The smallest absolute Gasteiger partial charge is 0.163 e.